The van der Waals surface area contributed by atoms with E-state index in [4.69, 9.17) is 0 Å². The van der Waals surface area contributed by atoms with Crippen LogP contribution in [-0.2, 0) is 10.3 Å². The fraction of sp³-hybridized carbons (Fsp3) is 0.500. The van der Waals surface area contributed by atoms with E-state index in [2.05, 4.69) is 22.6 Å². The van der Waals surface area contributed by atoms with Crippen molar-refractivity contribution in [2.75, 3.05) is 0 Å². The number of carbonyl (C=O) groups excluding carboxylic acids is 2. The van der Waals surface area contributed by atoms with Crippen molar-refractivity contribution in [3.05, 3.63) is 47.5 Å². The van der Waals surface area contributed by atoms with Crippen molar-refractivity contribution in [3.63, 3.8) is 0 Å². The molecule has 0 unspecified atom stereocenters. The number of nitrogens with one attached hydrogen (secondary N) is 1. The summed E-state index contributed by atoms with van der Waals surface area (Å²) in [6, 6.07) is 5.17. The predicted octanol–water partition coefficient (Wildman–Crippen LogP) is 3.65. The molecule has 0 radical (unpaired) electrons. The van der Waals surface area contributed by atoms with Crippen molar-refractivity contribution in [1.29, 1.82) is 0 Å². The molecule has 2 aromatic rings. The van der Waals surface area contributed by atoms with E-state index in [1.54, 1.807) is 16.9 Å². The number of nitrogens with zero attached hydrogens (tertiary/aromatic N) is 3. The zero-order valence-electron chi connectivity index (χ0n) is 16.3. The first-order valence-electron chi connectivity index (χ1n) is 9.27. The van der Waals surface area contributed by atoms with Gasteiger partial charge in [-0.15, -0.1) is 5.10 Å². The van der Waals surface area contributed by atoms with Crippen molar-refractivity contribution in [2.24, 2.45) is 5.92 Å². The second-order valence-corrected chi connectivity index (χ2v) is 7.25. The van der Waals surface area contributed by atoms with E-state index in [-0.39, 0.29) is 17.5 Å². The van der Waals surface area contributed by atoms with Gasteiger partial charge in [0.1, 0.15) is 23.8 Å². The lowest BCUT2D eigenvalue weighted by molar-refractivity contribution is -0.111. The average molecular weight is 374 g/mol. The molecule has 0 spiro atoms. The lowest BCUT2D eigenvalue weighted by atomic mass is 9.85. The highest BCUT2D eigenvalue weighted by molar-refractivity contribution is 5.94. The molecular weight excluding hydrogens is 347 g/mol. The lowest BCUT2D eigenvalue weighted by Crippen LogP contribution is -2.47. The van der Waals surface area contributed by atoms with Crippen LogP contribution in [0.2, 0.25) is 0 Å². The zero-order chi connectivity index (χ0) is 20.0. The monoisotopic (exact) mass is 374 g/mol. The van der Waals surface area contributed by atoms with E-state index in [0.717, 1.165) is 19.1 Å². The minimum Gasteiger partial charge on any atom is -0.341 e. The Morgan fingerprint density at radius 2 is 2.15 bits per heavy atom. The van der Waals surface area contributed by atoms with Gasteiger partial charge in [-0.05, 0) is 37.5 Å². The molecule has 0 bridgehead atoms. The van der Waals surface area contributed by atoms with Gasteiger partial charge >= 0.3 is 0 Å². The highest BCUT2D eigenvalue weighted by Crippen LogP contribution is 2.29. The van der Waals surface area contributed by atoms with Gasteiger partial charge in [0.25, 0.3) is 5.91 Å². The first-order valence-corrected chi connectivity index (χ1v) is 9.27. The van der Waals surface area contributed by atoms with Crippen molar-refractivity contribution in [1.82, 2.24) is 20.3 Å². The SMILES string of the molecule is CCCC[C@@H](C=O)n1cc([C@@](C)(NC(=O)c2cccc(F)c2)C(C)C)nn1. The molecule has 0 aliphatic carbocycles. The van der Waals surface area contributed by atoms with Crippen LogP contribution in [0.25, 0.3) is 0 Å². The number of rotatable bonds is 9. The van der Waals surface area contributed by atoms with Gasteiger partial charge in [-0.2, -0.15) is 0 Å². The van der Waals surface area contributed by atoms with Gasteiger partial charge < -0.3 is 10.1 Å². The summed E-state index contributed by atoms with van der Waals surface area (Å²) in [5.74, 6) is -0.867. The van der Waals surface area contributed by atoms with E-state index in [9.17, 15) is 14.0 Å². The lowest BCUT2D eigenvalue weighted by Gasteiger charge is -2.33. The van der Waals surface area contributed by atoms with Gasteiger partial charge in [-0.3, -0.25) is 4.79 Å². The summed E-state index contributed by atoms with van der Waals surface area (Å²) in [7, 11) is 0. The topological polar surface area (TPSA) is 76.9 Å². The maximum Gasteiger partial charge on any atom is 0.252 e. The van der Waals surface area contributed by atoms with E-state index in [0.29, 0.717) is 12.1 Å². The van der Waals surface area contributed by atoms with Crippen LogP contribution in [-0.4, -0.2) is 27.2 Å². The molecule has 2 atom stereocenters. The maximum absolute atomic E-state index is 13.4. The van der Waals surface area contributed by atoms with Crippen LogP contribution < -0.4 is 5.32 Å². The molecule has 0 aliphatic heterocycles. The molecule has 1 N–H and O–H groups in total. The van der Waals surface area contributed by atoms with Gasteiger partial charge in [-0.25, -0.2) is 9.07 Å². The molecule has 0 saturated heterocycles. The van der Waals surface area contributed by atoms with Crippen molar-refractivity contribution in [2.45, 2.75) is 58.5 Å². The number of hydrogen-bond acceptors (Lipinski definition) is 4. The van der Waals surface area contributed by atoms with Gasteiger partial charge in [-0.1, -0.05) is 44.9 Å². The molecule has 7 heteroatoms. The second-order valence-electron chi connectivity index (χ2n) is 7.25. The summed E-state index contributed by atoms with van der Waals surface area (Å²) in [5.41, 5.74) is -0.0200. The third-order valence-electron chi connectivity index (χ3n) is 5.01. The summed E-state index contributed by atoms with van der Waals surface area (Å²) in [5, 5.41) is 11.3. The van der Waals surface area contributed by atoms with Crippen molar-refractivity contribution < 1.29 is 14.0 Å². The van der Waals surface area contributed by atoms with Crippen LogP contribution in [0.3, 0.4) is 0 Å². The highest BCUT2D eigenvalue weighted by atomic mass is 19.1. The third kappa shape index (κ3) is 4.78. The number of carbonyl (C=O) groups is 2. The van der Waals surface area contributed by atoms with Crippen LogP contribution in [0.1, 0.15) is 69.1 Å². The fourth-order valence-corrected chi connectivity index (χ4v) is 2.79. The van der Waals surface area contributed by atoms with E-state index < -0.39 is 17.3 Å². The van der Waals surface area contributed by atoms with Crippen LogP contribution >= 0.6 is 0 Å². The standard InChI is InChI=1S/C20H27FN4O2/c1-5-6-10-17(13-26)25-12-18(23-24-25)20(4,14(2)3)22-19(27)15-8-7-9-16(21)11-15/h7-9,11-14,17H,5-6,10H2,1-4H3,(H,22,27)/t17-,20-/m0/s1. The Labute approximate surface area is 159 Å². The Morgan fingerprint density at radius 1 is 1.41 bits per heavy atom. The summed E-state index contributed by atoms with van der Waals surface area (Å²) in [6.45, 7) is 7.83. The number of benzene rings is 1. The number of aromatic nitrogens is 3. The van der Waals surface area contributed by atoms with Gasteiger partial charge in [0.05, 0.1) is 11.7 Å². The normalized spacial score (nSPS) is 14.6. The smallest absolute Gasteiger partial charge is 0.252 e. The molecule has 1 aromatic carbocycles. The van der Waals surface area contributed by atoms with Gasteiger partial charge in [0, 0.05) is 5.56 Å². The van der Waals surface area contributed by atoms with Crippen LogP contribution in [0.4, 0.5) is 4.39 Å². The molecule has 1 amide bonds. The molecule has 0 fully saturated rings. The Morgan fingerprint density at radius 3 is 2.74 bits per heavy atom. The zero-order valence-corrected chi connectivity index (χ0v) is 16.3. The van der Waals surface area contributed by atoms with Gasteiger partial charge in [0.15, 0.2) is 0 Å². The molecule has 2 rings (SSSR count). The minimum absolute atomic E-state index is 0.00881. The molecular formula is C20H27FN4O2. The molecule has 6 nitrogen and oxygen atoms in total. The molecule has 27 heavy (non-hydrogen) atoms. The number of aldehydes is 1. The number of unbranched alkanes of at least 4 members (excludes halogenated alkanes) is 1. The molecule has 146 valence electrons. The van der Waals surface area contributed by atoms with Crippen molar-refractivity contribution in [3.8, 4) is 0 Å². The van der Waals surface area contributed by atoms with Crippen LogP contribution in [0.15, 0.2) is 30.5 Å². The highest BCUT2D eigenvalue weighted by Gasteiger charge is 2.36. The Kier molecular flexibility index (Phi) is 6.82. The Balaban J connectivity index is 2.28. The molecule has 1 heterocycles. The molecule has 0 aliphatic rings. The largest absolute Gasteiger partial charge is 0.341 e. The maximum atomic E-state index is 13.4. The summed E-state index contributed by atoms with van der Waals surface area (Å²) >= 11 is 0. The average Bonchev–Trinajstić information content (AvgIpc) is 3.12. The Bertz CT molecular complexity index is 790. The summed E-state index contributed by atoms with van der Waals surface area (Å²) in [4.78, 5) is 24.0. The number of amides is 1. The van der Waals surface area contributed by atoms with Crippen LogP contribution in [0, 0.1) is 11.7 Å². The molecule has 1 aromatic heterocycles. The fourth-order valence-electron chi connectivity index (χ4n) is 2.79. The summed E-state index contributed by atoms with van der Waals surface area (Å²) < 4.78 is 15.0. The first kappa shape index (κ1) is 20.7. The number of hydrogen-bond donors (Lipinski definition) is 1. The van der Waals surface area contributed by atoms with Crippen LogP contribution in [0.5, 0.6) is 0 Å². The minimum atomic E-state index is -0.820. The quantitative estimate of drug-likeness (QED) is 0.680. The molecule has 0 saturated carbocycles. The third-order valence-corrected chi connectivity index (χ3v) is 5.01. The number of halogens is 1. The second kappa shape index (κ2) is 8.88. The summed E-state index contributed by atoms with van der Waals surface area (Å²) in [6.07, 6.45) is 5.17. The first-order chi connectivity index (χ1) is 12.8. The van der Waals surface area contributed by atoms with E-state index in [1.165, 1.54) is 18.2 Å². The predicted molar refractivity (Wildman–Crippen MR) is 101 cm³/mol. The van der Waals surface area contributed by atoms with E-state index >= 15 is 0 Å². The Hall–Kier alpha value is -2.57. The van der Waals surface area contributed by atoms with Crippen molar-refractivity contribution >= 4 is 12.2 Å². The van der Waals surface area contributed by atoms with E-state index in [1.807, 2.05) is 20.8 Å². The van der Waals surface area contributed by atoms with Gasteiger partial charge in [0.2, 0.25) is 0 Å².